The Labute approximate surface area is 101 Å². The third kappa shape index (κ3) is 2.62. The van der Waals surface area contributed by atoms with Gasteiger partial charge >= 0.3 is 0 Å². The molecule has 0 bridgehead atoms. The van der Waals surface area contributed by atoms with E-state index >= 15 is 0 Å². The lowest BCUT2D eigenvalue weighted by Gasteiger charge is -2.13. The third-order valence-electron chi connectivity index (χ3n) is 3.02. The Hall–Kier alpha value is -0.450. The van der Waals surface area contributed by atoms with E-state index in [2.05, 4.69) is 12.2 Å². The molecule has 1 unspecified atom stereocenters. The highest BCUT2D eigenvalue weighted by atomic mass is 32.1. The number of methoxy groups -OCH3 is 1. The van der Waals surface area contributed by atoms with Crippen molar-refractivity contribution in [2.24, 2.45) is 0 Å². The number of ether oxygens (including phenoxy) is 1. The number of hydrogen-bond donors (Lipinski definition) is 1. The van der Waals surface area contributed by atoms with Crippen molar-refractivity contribution in [1.82, 2.24) is 10.3 Å². The van der Waals surface area contributed by atoms with Gasteiger partial charge in [0.05, 0.1) is 18.3 Å². The molecule has 16 heavy (non-hydrogen) atoms. The van der Waals surface area contributed by atoms with E-state index in [4.69, 9.17) is 9.72 Å². The molecule has 4 heteroatoms. The highest BCUT2D eigenvalue weighted by Crippen LogP contribution is 2.31. The predicted octanol–water partition coefficient (Wildman–Crippen LogP) is 2.32. The molecule has 0 fully saturated rings. The fourth-order valence-electron chi connectivity index (χ4n) is 2.10. The molecule has 1 heterocycles. The number of aromatic nitrogens is 1. The number of thiazole rings is 1. The van der Waals surface area contributed by atoms with E-state index in [1.54, 1.807) is 7.11 Å². The Balaban J connectivity index is 1.97. The van der Waals surface area contributed by atoms with Crippen LogP contribution in [-0.4, -0.2) is 25.2 Å². The lowest BCUT2D eigenvalue weighted by atomic mass is 10.2. The lowest BCUT2D eigenvalue weighted by Crippen LogP contribution is -2.24. The smallest absolute Gasteiger partial charge is 0.110 e. The number of nitrogens with one attached hydrogen (secondary N) is 1. The van der Waals surface area contributed by atoms with E-state index in [-0.39, 0.29) is 0 Å². The molecule has 1 aliphatic carbocycles. The second-order valence-corrected chi connectivity index (χ2v) is 5.30. The summed E-state index contributed by atoms with van der Waals surface area (Å²) in [6.45, 7) is 3.87. The Kier molecular flexibility index (Phi) is 4.32. The highest BCUT2D eigenvalue weighted by molar-refractivity contribution is 7.11. The molecule has 2 rings (SSSR count). The van der Waals surface area contributed by atoms with Crippen molar-refractivity contribution in [3.05, 3.63) is 15.6 Å². The van der Waals surface area contributed by atoms with Crippen LogP contribution in [0, 0.1) is 0 Å². The van der Waals surface area contributed by atoms with Crippen LogP contribution >= 0.6 is 11.3 Å². The van der Waals surface area contributed by atoms with Crippen LogP contribution < -0.4 is 5.32 Å². The van der Waals surface area contributed by atoms with Gasteiger partial charge in [-0.25, -0.2) is 4.98 Å². The molecule has 0 saturated heterocycles. The molecule has 1 aromatic rings. The topological polar surface area (TPSA) is 34.1 Å². The van der Waals surface area contributed by atoms with Crippen molar-refractivity contribution in [2.75, 3.05) is 20.3 Å². The minimum atomic E-state index is 0.408. The van der Waals surface area contributed by atoms with Gasteiger partial charge in [0.15, 0.2) is 0 Å². The van der Waals surface area contributed by atoms with Crippen molar-refractivity contribution < 1.29 is 4.74 Å². The van der Waals surface area contributed by atoms with Crippen LogP contribution in [0.2, 0.25) is 0 Å². The van der Waals surface area contributed by atoms with Gasteiger partial charge in [-0.2, -0.15) is 0 Å². The van der Waals surface area contributed by atoms with E-state index in [9.17, 15) is 0 Å². The Morgan fingerprint density at radius 2 is 2.38 bits per heavy atom. The molecular weight excluding hydrogens is 220 g/mol. The van der Waals surface area contributed by atoms with Gasteiger partial charge in [-0.15, -0.1) is 11.3 Å². The van der Waals surface area contributed by atoms with Crippen molar-refractivity contribution in [2.45, 2.75) is 38.6 Å². The molecular formula is C12H20N2OS. The van der Waals surface area contributed by atoms with Crippen LogP contribution in [0.25, 0.3) is 0 Å². The maximum atomic E-state index is 5.05. The predicted molar refractivity (Wildman–Crippen MR) is 67.0 cm³/mol. The van der Waals surface area contributed by atoms with E-state index in [0.29, 0.717) is 6.04 Å². The standard InChI is InChI=1S/C12H20N2OS/c1-3-9(13-7-8-15-2)12-14-10-5-4-6-11(10)16-12/h9,13H,3-8H2,1-2H3. The summed E-state index contributed by atoms with van der Waals surface area (Å²) in [5.74, 6) is 0. The van der Waals surface area contributed by atoms with Gasteiger partial charge in [0.25, 0.3) is 0 Å². The van der Waals surface area contributed by atoms with Crippen molar-refractivity contribution >= 4 is 11.3 Å². The molecule has 0 radical (unpaired) electrons. The van der Waals surface area contributed by atoms with Crippen LogP contribution in [0.3, 0.4) is 0 Å². The van der Waals surface area contributed by atoms with Gasteiger partial charge < -0.3 is 10.1 Å². The minimum Gasteiger partial charge on any atom is -0.383 e. The summed E-state index contributed by atoms with van der Waals surface area (Å²) in [6.07, 6.45) is 4.81. The first-order valence-electron chi connectivity index (χ1n) is 6.06. The van der Waals surface area contributed by atoms with Crippen LogP contribution in [0.5, 0.6) is 0 Å². The Morgan fingerprint density at radius 1 is 1.50 bits per heavy atom. The molecule has 90 valence electrons. The van der Waals surface area contributed by atoms with Gasteiger partial charge in [0.2, 0.25) is 0 Å². The second-order valence-electron chi connectivity index (χ2n) is 4.18. The van der Waals surface area contributed by atoms with Crippen LogP contribution in [0.15, 0.2) is 0 Å². The van der Waals surface area contributed by atoms with E-state index < -0.39 is 0 Å². The zero-order valence-electron chi connectivity index (χ0n) is 10.1. The first-order chi connectivity index (χ1) is 7.85. The largest absolute Gasteiger partial charge is 0.383 e. The molecule has 0 aliphatic heterocycles. The molecule has 3 nitrogen and oxygen atoms in total. The van der Waals surface area contributed by atoms with Gasteiger partial charge in [0.1, 0.15) is 5.01 Å². The summed E-state index contributed by atoms with van der Waals surface area (Å²) in [4.78, 5) is 6.27. The normalized spacial score (nSPS) is 16.4. The van der Waals surface area contributed by atoms with Gasteiger partial charge in [-0.3, -0.25) is 0 Å². The number of hydrogen-bond acceptors (Lipinski definition) is 4. The van der Waals surface area contributed by atoms with Crippen LogP contribution in [-0.2, 0) is 17.6 Å². The van der Waals surface area contributed by atoms with Gasteiger partial charge in [0, 0.05) is 18.5 Å². The maximum Gasteiger partial charge on any atom is 0.110 e. The summed E-state index contributed by atoms with van der Waals surface area (Å²) < 4.78 is 5.05. The van der Waals surface area contributed by atoms with Gasteiger partial charge in [-0.05, 0) is 25.7 Å². The molecule has 1 aliphatic rings. The molecule has 1 N–H and O–H groups in total. The summed E-state index contributed by atoms with van der Waals surface area (Å²) >= 11 is 1.90. The first kappa shape index (κ1) is 12.0. The zero-order valence-corrected chi connectivity index (χ0v) is 10.9. The fourth-order valence-corrected chi connectivity index (χ4v) is 3.41. The van der Waals surface area contributed by atoms with Crippen molar-refractivity contribution in [3.63, 3.8) is 0 Å². The second kappa shape index (κ2) is 5.75. The molecule has 0 aromatic carbocycles. The number of aryl methyl sites for hydroxylation is 2. The summed E-state index contributed by atoms with van der Waals surface area (Å²) in [5.41, 5.74) is 1.35. The summed E-state index contributed by atoms with van der Waals surface area (Å²) in [5, 5.41) is 4.77. The molecule has 0 amide bonds. The minimum absolute atomic E-state index is 0.408. The summed E-state index contributed by atoms with van der Waals surface area (Å²) in [7, 11) is 1.74. The van der Waals surface area contributed by atoms with E-state index in [1.165, 1.54) is 34.8 Å². The Morgan fingerprint density at radius 3 is 3.06 bits per heavy atom. The molecule has 0 saturated carbocycles. The summed E-state index contributed by atoms with van der Waals surface area (Å²) in [6, 6.07) is 0.408. The Bertz CT molecular complexity index is 316. The zero-order chi connectivity index (χ0) is 11.4. The van der Waals surface area contributed by atoms with Crippen molar-refractivity contribution in [3.8, 4) is 0 Å². The van der Waals surface area contributed by atoms with Gasteiger partial charge in [-0.1, -0.05) is 6.92 Å². The molecule has 1 aromatic heterocycles. The SMILES string of the molecule is CCC(NCCOC)c1nc2c(s1)CCC2. The van der Waals surface area contributed by atoms with Crippen LogP contribution in [0.4, 0.5) is 0 Å². The molecule has 1 atom stereocenters. The average molecular weight is 240 g/mol. The van der Waals surface area contributed by atoms with E-state index in [0.717, 1.165) is 19.6 Å². The molecule has 0 spiro atoms. The van der Waals surface area contributed by atoms with Crippen LogP contribution in [0.1, 0.15) is 41.4 Å². The fraction of sp³-hybridized carbons (Fsp3) is 0.750. The average Bonchev–Trinajstić information content (AvgIpc) is 2.84. The number of rotatable bonds is 6. The number of nitrogens with zero attached hydrogens (tertiary/aromatic N) is 1. The monoisotopic (exact) mass is 240 g/mol. The highest BCUT2D eigenvalue weighted by Gasteiger charge is 2.20. The quantitative estimate of drug-likeness (QED) is 0.775. The maximum absolute atomic E-state index is 5.05. The first-order valence-corrected chi connectivity index (χ1v) is 6.87. The lowest BCUT2D eigenvalue weighted by molar-refractivity contribution is 0.195. The number of fused-ring (bicyclic) bond motifs is 1. The third-order valence-corrected chi connectivity index (χ3v) is 4.29. The van der Waals surface area contributed by atoms with E-state index in [1.807, 2.05) is 11.3 Å². The van der Waals surface area contributed by atoms with Crippen molar-refractivity contribution in [1.29, 1.82) is 0 Å².